The van der Waals surface area contributed by atoms with Gasteiger partial charge in [-0.25, -0.2) is 0 Å². The predicted molar refractivity (Wildman–Crippen MR) is 86.3 cm³/mol. The number of azide groups is 1. The van der Waals surface area contributed by atoms with E-state index in [0.717, 1.165) is 5.56 Å². The molecule has 9 nitrogen and oxygen atoms in total. The number of benzene rings is 1. The van der Waals surface area contributed by atoms with E-state index in [1.54, 1.807) is 0 Å². The number of carbonyl (C=O) groups is 1. The van der Waals surface area contributed by atoms with Crippen LogP contribution in [-0.2, 0) is 30.3 Å². The van der Waals surface area contributed by atoms with Crippen molar-refractivity contribution in [2.75, 3.05) is 13.7 Å². The molecule has 1 heterocycles. The first-order valence-electron chi connectivity index (χ1n) is 7.76. The van der Waals surface area contributed by atoms with Crippen LogP contribution < -0.4 is 0 Å². The molecule has 1 saturated heterocycles. The minimum Gasteiger partial charge on any atom is -0.463 e. The smallest absolute Gasteiger partial charge is 0.302 e. The van der Waals surface area contributed by atoms with E-state index in [1.807, 2.05) is 30.3 Å². The average Bonchev–Trinajstić information content (AvgIpc) is 2.61. The fourth-order valence-corrected chi connectivity index (χ4v) is 2.67. The Morgan fingerprint density at radius 3 is 2.68 bits per heavy atom. The van der Waals surface area contributed by atoms with Crippen LogP contribution in [0.15, 0.2) is 35.4 Å². The lowest BCUT2D eigenvalue weighted by molar-refractivity contribution is -0.265. The fraction of sp³-hybridized carbons (Fsp3) is 0.562. The number of nitrogens with zero attached hydrogens (tertiary/aromatic N) is 3. The molecule has 0 bridgehead atoms. The Kier molecular flexibility index (Phi) is 7.17. The molecule has 0 amide bonds. The Balaban J connectivity index is 2.17. The molecule has 136 valence electrons. The van der Waals surface area contributed by atoms with Crippen molar-refractivity contribution < 1.29 is 28.8 Å². The highest BCUT2D eigenvalue weighted by atomic mass is 16.7. The van der Waals surface area contributed by atoms with Gasteiger partial charge in [-0.05, 0) is 11.1 Å². The van der Waals surface area contributed by atoms with Gasteiger partial charge >= 0.3 is 5.97 Å². The topological polar surface area (TPSA) is 123 Å². The van der Waals surface area contributed by atoms with Gasteiger partial charge < -0.3 is 24.1 Å². The van der Waals surface area contributed by atoms with Crippen molar-refractivity contribution in [1.82, 2.24) is 0 Å². The second-order valence-electron chi connectivity index (χ2n) is 5.52. The summed E-state index contributed by atoms with van der Waals surface area (Å²) in [7, 11) is 1.44. The molecular formula is C16H21N3O6. The summed E-state index contributed by atoms with van der Waals surface area (Å²) in [6, 6.07) is 8.41. The van der Waals surface area contributed by atoms with Crippen molar-refractivity contribution in [3.05, 3.63) is 46.3 Å². The molecular weight excluding hydrogens is 330 g/mol. The molecule has 2 rings (SSSR count). The van der Waals surface area contributed by atoms with Gasteiger partial charge in [0, 0.05) is 18.9 Å². The van der Waals surface area contributed by atoms with Gasteiger partial charge in [0.15, 0.2) is 6.29 Å². The summed E-state index contributed by atoms with van der Waals surface area (Å²) in [4.78, 5) is 13.8. The van der Waals surface area contributed by atoms with Crippen LogP contribution >= 0.6 is 0 Å². The third-order valence-electron chi connectivity index (χ3n) is 3.83. The van der Waals surface area contributed by atoms with Gasteiger partial charge in [-0.2, -0.15) is 0 Å². The third kappa shape index (κ3) is 5.15. The first-order chi connectivity index (χ1) is 12.1. The summed E-state index contributed by atoms with van der Waals surface area (Å²) in [5.41, 5.74) is 9.68. The van der Waals surface area contributed by atoms with E-state index in [4.69, 9.17) is 24.5 Å². The van der Waals surface area contributed by atoms with Crippen molar-refractivity contribution in [3.63, 3.8) is 0 Å². The van der Waals surface area contributed by atoms with E-state index in [0.29, 0.717) is 0 Å². The maximum Gasteiger partial charge on any atom is 0.302 e. The Morgan fingerprint density at radius 1 is 1.36 bits per heavy atom. The zero-order valence-electron chi connectivity index (χ0n) is 14.0. The third-order valence-corrected chi connectivity index (χ3v) is 3.83. The van der Waals surface area contributed by atoms with E-state index < -0.39 is 36.6 Å². The molecule has 1 aromatic carbocycles. The van der Waals surface area contributed by atoms with Gasteiger partial charge in [0.1, 0.15) is 31.0 Å². The normalized spacial score (nSPS) is 28.8. The van der Waals surface area contributed by atoms with Crippen LogP contribution in [0.3, 0.4) is 0 Å². The number of hydrogen-bond donors (Lipinski definition) is 1. The van der Waals surface area contributed by atoms with Crippen molar-refractivity contribution in [2.45, 2.75) is 44.2 Å². The molecule has 0 aliphatic carbocycles. The molecule has 0 spiro atoms. The summed E-state index contributed by atoms with van der Waals surface area (Å²) < 4.78 is 21.7. The lowest BCUT2D eigenvalue weighted by Crippen LogP contribution is -2.59. The van der Waals surface area contributed by atoms with E-state index >= 15 is 0 Å². The number of aliphatic hydroxyl groups excluding tert-OH is 1. The number of hydrogen-bond acceptors (Lipinski definition) is 7. The van der Waals surface area contributed by atoms with Crippen molar-refractivity contribution >= 4 is 5.97 Å². The van der Waals surface area contributed by atoms with Crippen LogP contribution in [0.1, 0.15) is 12.5 Å². The van der Waals surface area contributed by atoms with E-state index in [2.05, 4.69) is 10.0 Å². The lowest BCUT2D eigenvalue weighted by atomic mass is 9.97. The maximum atomic E-state index is 11.0. The Morgan fingerprint density at radius 2 is 2.08 bits per heavy atom. The molecule has 1 unspecified atom stereocenters. The number of carbonyl (C=O) groups excluding carboxylic acids is 1. The number of aliphatic hydroxyl groups is 1. The maximum absolute atomic E-state index is 11.0. The number of ether oxygens (including phenoxy) is 4. The van der Waals surface area contributed by atoms with Gasteiger partial charge in [0.2, 0.25) is 0 Å². The summed E-state index contributed by atoms with van der Waals surface area (Å²) in [5.74, 6) is -0.480. The molecule has 1 aromatic rings. The van der Waals surface area contributed by atoms with Crippen LogP contribution in [0, 0.1) is 0 Å². The number of methoxy groups -OCH3 is 1. The molecule has 25 heavy (non-hydrogen) atoms. The highest BCUT2D eigenvalue weighted by Crippen LogP contribution is 2.28. The highest BCUT2D eigenvalue weighted by Gasteiger charge is 2.46. The molecule has 1 aliphatic heterocycles. The summed E-state index contributed by atoms with van der Waals surface area (Å²) in [5, 5.41) is 13.7. The fourth-order valence-electron chi connectivity index (χ4n) is 2.67. The van der Waals surface area contributed by atoms with E-state index in [9.17, 15) is 9.90 Å². The minimum atomic E-state index is -1.40. The molecule has 5 atom stereocenters. The summed E-state index contributed by atoms with van der Waals surface area (Å²) in [6.07, 6.45) is -3.62. The standard InChI is InChI=1S/C16H21N3O6/c1-10(20)23-9-12-14(22-2)15(13(18-19-17)16(21)25-12)24-8-11-6-4-3-5-7-11/h3-7,12-16,21H,8-9H2,1-2H3/t12-,13-,14-,15-,16?/m1/s1. The zero-order chi connectivity index (χ0) is 18.2. The van der Waals surface area contributed by atoms with Crippen molar-refractivity contribution in [1.29, 1.82) is 0 Å². The Labute approximate surface area is 145 Å². The SMILES string of the molecule is CO[C@H]1[C@H](OCc2ccccc2)[C@@H](N=[N+]=[N-])C(O)O[C@@H]1COC(C)=O. The molecule has 1 N–H and O–H groups in total. The van der Waals surface area contributed by atoms with Gasteiger partial charge in [-0.15, -0.1) is 0 Å². The molecule has 0 radical (unpaired) electrons. The Hall–Kier alpha value is -2.16. The van der Waals surface area contributed by atoms with E-state index in [1.165, 1.54) is 14.0 Å². The highest BCUT2D eigenvalue weighted by molar-refractivity contribution is 5.65. The van der Waals surface area contributed by atoms with Crippen LogP contribution in [0.2, 0.25) is 0 Å². The molecule has 0 aromatic heterocycles. The molecule has 0 saturated carbocycles. The largest absolute Gasteiger partial charge is 0.463 e. The van der Waals surface area contributed by atoms with Gasteiger partial charge in [-0.3, -0.25) is 4.79 Å². The first-order valence-corrected chi connectivity index (χ1v) is 7.76. The second-order valence-corrected chi connectivity index (χ2v) is 5.52. The van der Waals surface area contributed by atoms with Gasteiger partial charge in [0.25, 0.3) is 0 Å². The van der Waals surface area contributed by atoms with Gasteiger partial charge in [0.05, 0.1) is 6.61 Å². The van der Waals surface area contributed by atoms with Crippen molar-refractivity contribution in [2.24, 2.45) is 5.11 Å². The molecule has 9 heteroatoms. The molecule has 1 aliphatic rings. The number of rotatable bonds is 7. The minimum absolute atomic E-state index is 0.112. The lowest BCUT2D eigenvalue weighted by Gasteiger charge is -2.42. The zero-order valence-corrected chi connectivity index (χ0v) is 14.0. The predicted octanol–water partition coefficient (Wildman–Crippen LogP) is 1.55. The first kappa shape index (κ1) is 19.2. The van der Waals surface area contributed by atoms with E-state index in [-0.39, 0.29) is 13.2 Å². The summed E-state index contributed by atoms with van der Waals surface area (Å²) in [6.45, 7) is 1.39. The molecule has 1 fully saturated rings. The van der Waals surface area contributed by atoms with Crippen LogP contribution in [-0.4, -0.2) is 55.4 Å². The average molecular weight is 351 g/mol. The van der Waals surface area contributed by atoms with Crippen LogP contribution in [0.4, 0.5) is 0 Å². The number of esters is 1. The second kappa shape index (κ2) is 9.36. The monoisotopic (exact) mass is 351 g/mol. The van der Waals surface area contributed by atoms with Crippen LogP contribution in [0.25, 0.3) is 10.4 Å². The Bertz CT molecular complexity index is 607. The summed E-state index contributed by atoms with van der Waals surface area (Å²) >= 11 is 0. The quantitative estimate of drug-likeness (QED) is 0.344. The van der Waals surface area contributed by atoms with Crippen LogP contribution in [0.5, 0.6) is 0 Å². The van der Waals surface area contributed by atoms with Gasteiger partial charge in [-0.1, -0.05) is 35.4 Å². The van der Waals surface area contributed by atoms with Crippen molar-refractivity contribution in [3.8, 4) is 0 Å².